The van der Waals surface area contributed by atoms with Crippen LogP contribution in [0.25, 0.3) is 0 Å². The molecule has 4 nitrogen and oxygen atoms in total. The molecule has 2 aliphatic heterocycles. The second-order valence-corrected chi connectivity index (χ2v) is 5.98. The molecule has 3 heterocycles. The Hall–Kier alpha value is -0.520. The van der Waals surface area contributed by atoms with Crippen molar-refractivity contribution in [2.75, 3.05) is 24.7 Å². The quantitative estimate of drug-likeness (QED) is 0.820. The zero-order valence-electron chi connectivity index (χ0n) is 10.2. The number of ether oxygens (including phenoxy) is 1. The summed E-state index contributed by atoms with van der Waals surface area (Å²) in [7, 11) is 1.97. The van der Waals surface area contributed by atoms with Crippen molar-refractivity contribution in [3.63, 3.8) is 0 Å². The molecule has 2 atom stereocenters. The Balaban J connectivity index is 1.89. The maximum atomic E-state index is 6.15. The fourth-order valence-corrected chi connectivity index (χ4v) is 4.05. The minimum atomic E-state index is -0.0322. The molecule has 2 saturated heterocycles. The first-order valence-corrected chi connectivity index (χ1v) is 7.40. The van der Waals surface area contributed by atoms with Crippen LogP contribution in [0.5, 0.6) is 0 Å². The third-order valence-electron chi connectivity index (χ3n) is 3.63. The summed E-state index contributed by atoms with van der Waals surface area (Å²) >= 11 is 2.01. The van der Waals surface area contributed by atoms with Crippen LogP contribution < -0.4 is 5.32 Å². The third-order valence-corrected chi connectivity index (χ3v) is 4.90. The van der Waals surface area contributed by atoms with Crippen molar-refractivity contribution in [3.8, 4) is 0 Å². The predicted molar refractivity (Wildman–Crippen MR) is 69.2 cm³/mol. The van der Waals surface area contributed by atoms with Gasteiger partial charge in [-0.3, -0.25) is 4.68 Å². The lowest BCUT2D eigenvalue weighted by molar-refractivity contribution is -0.0898. The van der Waals surface area contributed by atoms with Crippen LogP contribution >= 0.6 is 11.8 Å². The normalized spacial score (nSPS) is 34.1. The van der Waals surface area contributed by atoms with E-state index in [1.807, 2.05) is 29.7 Å². The summed E-state index contributed by atoms with van der Waals surface area (Å²) in [5.41, 5.74) is 1.09. The summed E-state index contributed by atoms with van der Waals surface area (Å²) < 4.78 is 8.02. The van der Waals surface area contributed by atoms with Gasteiger partial charge in [-0.15, -0.1) is 0 Å². The van der Waals surface area contributed by atoms with E-state index in [9.17, 15) is 0 Å². The van der Waals surface area contributed by atoms with Gasteiger partial charge in [-0.1, -0.05) is 0 Å². The van der Waals surface area contributed by atoms with E-state index < -0.39 is 0 Å². The Morgan fingerprint density at radius 2 is 2.59 bits per heavy atom. The number of rotatable bonds is 1. The summed E-state index contributed by atoms with van der Waals surface area (Å²) in [6, 6.07) is 2.36. The first kappa shape index (κ1) is 11.6. The van der Waals surface area contributed by atoms with E-state index in [0.29, 0.717) is 0 Å². The minimum Gasteiger partial charge on any atom is -0.371 e. The van der Waals surface area contributed by atoms with Crippen LogP contribution in [0, 0.1) is 0 Å². The summed E-state index contributed by atoms with van der Waals surface area (Å²) in [5.74, 6) is 2.35. The molecule has 94 valence electrons. The predicted octanol–water partition coefficient (Wildman–Crippen LogP) is 1.35. The largest absolute Gasteiger partial charge is 0.371 e. The zero-order chi connectivity index (χ0) is 11.7. The van der Waals surface area contributed by atoms with Crippen molar-refractivity contribution < 1.29 is 4.74 Å². The van der Waals surface area contributed by atoms with Gasteiger partial charge in [-0.05, 0) is 24.7 Å². The van der Waals surface area contributed by atoms with Gasteiger partial charge in [0.15, 0.2) is 0 Å². The molecule has 3 rings (SSSR count). The number of hydrogen-bond acceptors (Lipinski definition) is 4. The molecular weight excluding hydrogens is 234 g/mol. The van der Waals surface area contributed by atoms with Gasteiger partial charge in [0, 0.05) is 25.5 Å². The third kappa shape index (κ3) is 2.11. The standard InChI is InChI=1S/C12H19N3OS/c1-15-6-3-10(14-15)11-12(16-7-5-13-11)4-2-8-17-9-12/h3,6,11,13H,2,4-5,7-9H2,1H3. The maximum Gasteiger partial charge on any atom is 0.0983 e. The summed E-state index contributed by atoms with van der Waals surface area (Å²) in [4.78, 5) is 0. The first-order valence-electron chi connectivity index (χ1n) is 6.25. The number of aryl methyl sites for hydroxylation is 1. The van der Waals surface area contributed by atoms with Gasteiger partial charge < -0.3 is 10.1 Å². The molecule has 0 radical (unpaired) electrons. The van der Waals surface area contributed by atoms with E-state index >= 15 is 0 Å². The molecular formula is C12H19N3OS. The molecule has 1 N–H and O–H groups in total. The summed E-state index contributed by atoms with van der Waals surface area (Å²) in [6.07, 6.45) is 4.40. The number of thioether (sulfide) groups is 1. The van der Waals surface area contributed by atoms with Crippen LogP contribution in [0.15, 0.2) is 12.3 Å². The van der Waals surface area contributed by atoms with Crippen molar-refractivity contribution in [3.05, 3.63) is 18.0 Å². The van der Waals surface area contributed by atoms with Gasteiger partial charge in [-0.2, -0.15) is 16.9 Å². The Morgan fingerprint density at radius 1 is 1.65 bits per heavy atom. The molecule has 1 aromatic rings. The Bertz CT molecular complexity index is 379. The van der Waals surface area contributed by atoms with E-state index in [4.69, 9.17) is 4.74 Å². The van der Waals surface area contributed by atoms with Gasteiger partial charge in [0.25, 0.3) is 0 Å². The van der Waals surface area contributed by atoms with Crippen LogP contribution in [0.4, 0.5) is 0 Å². The van der Waals surface area contributed by atoms with Crippen LogP contribution in [-0.2, 0) is 11.8 Å². The lowest BCUT2D eigenvalue weighted by atomic mass is 9.87. The monoisotopic (exact) mass is 253 g/mol. The summed E-state index contributed by atoms with van der Waals surface area (Å²) in [6.45, 7) is 1.75. The number of nitrogens with one attached hydrogen (secondary N) is 1. The van der Waals surface area contributed by atoms with E-state index in [0.717, 1.165) is 31.0 Å². The number of nitrogens with zero attached hydrogens (tertiary/aromatic N) is 2. The lowest BCUT2D eigenvalue weighted by Crippen LogP contribution is -2.55. The van der Waals surface area contributed by atoms with Gasteiger partial charge in [-0.25, -0.2) is 0 Å². The molecule has 0 saturated carbocycles. The van der Waals surface area contributed by atoms with Crippen LogP contribution in [0.3, 0.4) is 0 Å². The lowest BCUT2D eigenvalue weighted by Gasteiger charge is -2.45. The topological polar surface area (TPSA) is 39.1 Å². The van der Waals surface area contributed by atoms with E-state index in [1.54, 1.807) is 0 Å². The molecule has 0 amide bonds. The average Bonchev–Trinajstić information content (AvgIpc) is 2.77. The average molecular weight is 253 g/mol. The Labute approximate surface area is 106 Å². The van der Waals surface area contributed by atoms with Gasteiger partial charge in [0.1, 0.15) is 0 Å². The molecule has 17 heavy (non-hydrogen) atoms. The molecule has 2 fully saturated rings. The van der Waals surface area contributed by atoms with Crippen molar-refractivity contribution in [2.45, 2.75) is 24.5 Å². The van der Waals surface area contributed by atoms with E-state index in [1.165, 1.54) is 12.2 Å². The highest BCUT2D eigenvalue weighted by molar-refractivity contribution is 7.99. The molecule has 2 aliphatic rings. The number of hydrogen-bond donors (Lipinski definition) is 1. The van der Waals surface area contributed by atoms with Gasteiger partial charge >= 0.3 is 0 Å². The molecule has 0 bridgehead atoms. The number of aromatic nitrogens is 2. The fourth-order valence-electron chi connectivity index (χ4n) is 2.82. The van der Waals surface area contributed by atoms with Gasteiger partial charge in [0.2, 0.25) is 0 Å². The fraction of sp³-hybridized carbons (Fsp3) is 0.750. The SMILES string of the molecule is Cn1ccc(C2NCCOC23CCCSC3)n1. The molecule has 1 spiro atoms. The van der Waals surface area contributed by atoms with Crippen LogP contribution in [-0.4, -0.2) is 40.0 Å². The van der Waals surface area contributed by atoms with Gasteiger partial charge in [0.05, 0.1) is 23.9 Å². The highest BCUT2D eigenvalue weighted by Gasteiger charge is 2.45. The van der Waals surface area contributed by atoms with Crippen molar-refractivity contribution in [2.24, 2.45) is 7.05 Å². The van der Waals surface area contributed by atoms with E-state index in [-0.39, 0.29) is 11.6 Å². The highest BCUT2D eigenvalue weighted by atomic mass is 32.2. The smallest absolute Gasteiger partial charge is 0.0983 e. The van der Waals surface area contributed by atoms with Crippen LogP contribution in [0.2, 0.25) is 0 Å². The maximum absolute atomic E-state index is 6.15. The second-order valence-electron chi connectivity index (χ2n) is 4.87. The minimum absolute atomic E-state index is 0.0322. The first-order chi connectivity index (χ1) is 8.30. The van der Waals surface area contributed by atoms with Crippen molar-refractivity contribution >= 4 is 11.8 Å². The Kier molecular flexibility index (Phi) is 3.15. The summed E-state index contributed by atoms with van der Waals surface area (Å²) in [5, 5.41) is 8.14. The molecule has 2 unspecified atom stereocenters. The molecule has 0 aromatic carbocycles. The zero-order valence-corrected chi connectivity index (χ0v) is 11.0. The molecule has 1 aromatic heterocycles. The van der Waals surface area contributed by atoms with Crippen LogP contribution in [0.1, 0.15) is 24.6 Å². The second kappa shape index (κ2) is 4.63. The van der Waals surface area contributed by atoms with Crippen molar-refractivity contribution in [1.29, 1.82) is 0 Å². The van der Waals surface area contributed by atoms with E-state index in [2.05, 4.69) is 16.5 Å². The number of morpholine rings is 1. The molecule has 0 aliphatic carbocycles. The van der Waals surface area contributed by atoms with Crippen molar-refractivity contribution in [1.82, 2.24) is 15.1 Å². The molecule has 5 heteroatoms. The highest BCUT2D eigenvalue weighted by Crippen LogP contribution is 2.40. The Morgan fingerprint density at radius 3 is 3.29 bits per heavy atom.